The summed E-state index contributed by atoms with van der Waals surface area (Å²) >= 11 is 0. The Morgan fingerprint density at radius 1 is 0.884 bits per heavy atom. The van der Waals surface area contributed by atoms with Crippen molar-refractivity contribution in [2.24, 2.45) is 5.92 Å². The van der Waals surface area contributed by atoms with Gasteiger partial charge < -0.3 is 23.8 Å². The van der Waals surface area contributed by atoms with E-state index in [9.17, 15) is 4.79 Å². The molecule has 3 heterocycles. The number of carbonyl (C=O) groups is 1. The maximum atomic E-state index is 13.4. The van der Waals surface area contributed by atoms with Crippen molar-refractivity contribution in [2.75, 3.05) is 38.2 Å². The Morgan fingerprint density at radius 3 is 2.49 bits per heavy atom. The average Bonchev–Trinajstić information content (AvgIpc) is 3.29. The number of ether oxygens (including phenoxy) is 2. The van der Waals surface area contributed by atoms with Crippen molar-refractivity contribution in [3.63, 3.8) is 0 Å². The van der Waals surface area contributed by atoms with E-state index in [4.69, 9.17) is 24.0 Å². The smallest absolute Gasteiger partial charge is 0.263 e. The van der Waals surface area contributed by atoms with E-state index in [1.54, 1.807) is 13.2 Å². The quantitative estimate of drug-likeness (QED) is 0.203. The molecule has 0 N–H and O–H groups in total. The number of para-hydroxylation sites is 1. The molecule has 0 bridgehead atoms. The fourth-order valence-electron chi connectivity index (χ4n) is 5.36. The number of aromatic nitrogens is 3. The second-order valence-electron chi connectivity index (χ2n) is 11.1. The third-order valence-electron chi connectivity index (χ3n) is 7.44. The van der Waals surface area contributed by atoms with Crippen LogP contribution in [0, 0.1) is 5.92 Å². The monoisotopic (exact) mass is 577 g/mol. The lowest BCUT2D eigenvalue weighted by Gasteiger charge is -2.24. The molecular formula is C34H35N5O4. The van der Waals surface area contributed by atoms with Gasteiger partial charge in [-0.3, -0.25) is 4.79 Å². The number of nitrogens with zero attached hydrogens (tertiary/aromatic N) is 5. The van der Waals surface area contributed by atoms with E-state index in [-0.39, 0.29) is 5.91 Å². The van der Waals surface area contributed by atoms with E-state index in [0.717, 1.165) is 41.3 Å². The number of carbonyl (C=O) groups excluding carboxylic acids is 1. The van der Waals surface area contributed by atoms with Crippen LogP contribution in [0.4, 0.5) is 5.82 Å². The summed E-state index contributed by atoms with van der Waals surface area (Å²) in [6, 6.07) is 24.8. The number of hydrogen-bond donors (Lipinski definition) is 0. The summed E-state index contributed by atoms with van der Waals surface area (Å²) in [7, 11) is 1.61. The topological polar surface area (TPSA) is 93.8 Å². The predicted octanol–water partition coefficient (Wildman–Crippen LogP) is 6.64. The molecule has 2 aromatic heterocycles. The fourth-order valence-corrected chi connectivity index (χ4v) is 5.36. The first kappa shape index (κ1) is 28.2. The largest absolute Gasteiger partial charge is 0.497 e. The summed E-state index contributed by atoms with van der Waals surface area (Å²) < 4.78 is 17.3. The molecule has 1 fully saturated rings. The summed E-state index contributed by atoms with van der Waals surface area (Å²) in [5, 5.41) is 5.24. The molecule has 0 spiro atoms. The molecule has 1 aliphatic heterocycles. The molecule has 6 rings (SSSR count). The van der Waals surface area contributed by atoms with Crippen molar-refractivity contribution in [1.82, 2.24) is 20.0 Å². The van der Waals surface area contributed by atoms with Gasteiger partial charge in [-0.2, -0.15) is 4.98 Å². The van der Waals surface area contributed by atoms with Gasteiger partial charge in [0.25, 0.3) is 11.6 Å². The molecule has 1 amide bonds. The molecule has 1 saturated heterocycles. The zero-order valence-corrected chi connectivity index (χ0v) is 24.7. The van der Waals surface area contributed by atoms with Gasteiger partial charge in [0.05, 0.1) is 7.11 Å². The minimum Gasteiger partial charge on any atom is -0.497 e. The molecule has 0 radical (unpaired) electrons. The van der Waals surface area contributed by atoms with E-state index in [1.165, 1.54) is 0 Å². The molecule has 3 aromatic carbocycles. The third kappa shape index (κ3) is 6.30. The number of fused-ring (bicyclic) bond motifs is 1. The van der Waals surface area contributed by atoms with E-state index in [0.29, 0.717) is 60.4 Å². The summed E-state index contributed by atoms with van der Waals surface area (Å²) in [5.74, 6) is 3.98. The summed E-state index contributed by atoms with van der Waals surface area (Å²) in [4.78, 5) is 27.4. The molecule has 9 nitrogen and oxygen atoms in total. The Morgan fingerprint density at radius 2 is 1.67 bits per heavy atom. The molecule has 0 unspecified atom stereocenters. The Hall–Kier alpha value is -4.92. The standard InChI is InChI=1S/C34H35N5O4/c1-23(2)20-29-35-32(38-16-9-17-39(19-18-38)34(40)25-11-8-14-27(22-25)41-3)30-31(37-43-33(30)36-29)24-10-7-15-28(21-24)42-26-12-5-4-6-13-26/h4-8,10-15,21-23H,9,16-20H2,1-3H3. The van der Waals surface area contributed by atoms with Crippen molar-refractivity contribution in [1.29, 1.82) is 0 Å². The lowest BCUT2D eigenvalue weighted by Crippen LogP contribution is -2.35. The predicted molar refractivity (Wildman–Crippen MR) is 166 cm³/mol. The van der Waals surface area contributed by atoms with Crippen LogP contribution in [0.1, 0.15) is 36.5 Å². The van der Waals surface area contributed by atoms with Crippen LogP contribution in [-0.2, 0) is 6.42 Å². The van der Waals surface area contributed by atoms with Crippen LogP contribution in [0.5, 0.6) is 17.2 Å². The molecule has 220 valence electrons. The minimum absolute atomic E-state index is 0.00465. The lowest BCUT2D eigenvalue weighted by atomic mass is 10.1. The number of anilines is 1. The van der Waals surface area contributed by atoms with Gasteiger partial charge in [-0.1, -0.05) is 55.4 Å². The number of hydrogen-bond acceptors (Lipinski definition) is 8. The average molecular weight is 578 g/mol. The first-order valence-corrected chi connectivity index (χ1v) is 14.7. The Bertz CT molecular complexity index is 1720. The van der Waals surface area contributed by atoms with Crippen LogP contribution in [-0.4, -0.2) is 59.2 Å². The van der Waals surface area contributed by atoms with E-state index in [1.807, 2.05) is 77.7 Å². The van der Waals surface area contributed by atoms with Crippen molar-refractivity contribution >= 4 is 22.8 Å². The Kier molecular flexibility index (Phi) is 8.22. The molecule has 0 saturated carbocycles. The maximum Gasteiger partial charge on any atom is 0.263 e. The molecule has 0 aliphatic carbocycles. The van der Waals surface area contributed by atoms with Gasteiger partial charge in [0.15, 0.2) is 0 Å². The van der Waals surface area contributed by atoms with Gasteiger partial charge in [-0.25, -0.2) is 4.98 Å². The zero-order chi connectivity index (χ0) is 29.8. The van der Waals surface area contributed by atoms with Crippen molar-refractivity contribution < 1.29 is 18.8 Å². The Labute approximate surface area is 251 Å². The van der Waals surface area contributed by atoms with E-state index >= 15 is 0 Å². The zero-order valence-electron chi connectivity index (χ0n) is 24.7. The highest BCUT2D eigenvalue weighted by molar-refractivity contribution is 5.98. The van der Waals surface area contributed by atoms with Crippen LogP contribution in [0.25, 0.3) is 22.4 Å². The molecule has 0 atom stereocenters. The summed E-state index contributed by atoms with van der Waals surface area (Å²) in [5.41, 5.74) is 2.58. The fraction of sp³-hybridized carbons (Fsp3) is 0.294. The number of rotatable bonds is 8. The normalized spacial score (nSPS) is 13.8. The molecular weight excluding hydrogens is 542 g/mol. The molecule has 43 heavy (non-hydrogen) atoms. The molecule has 9 heteroatoms. The highest BCUT2D eigenvalue weighted by Crippen LogP contribution is 2.36. The maximum absolute atomic E-state index is 13.4. The number of benzene rings is 3. The molecule has 1 aliphatic rings. The van der Waals surface area contributed by atoms with Crippen LogP contribution in [0.2, 0.25) is 0 Å². The highest BCUT2D eigenvalue weighted by atomic mass is 16.5. The number of amides is 1. The second kappa shape index (κ2) is 12.5. The van der Waals surface area contributed by atoms with Crippen LogP contribution in [0.3, 0.4) is 0 Å². The van der Waals surface area contributed by atoms with Gasteiger partial charge in [0, 0.05) is 43.7 Å². The second-order valence-corrected chi connectivity index (χ2v) is 11.1. The van der Waals surface area contributed by atoms with Gasteiger partial charge in [0.2, 0.25) is 0 Å². The summed E-state index contributed by atoms with van der Waals surface area (Å²) in [6.45, 7) is 6.84. The van der Waals surface area contributed by atoms with Crippen LogP contribution in [0.15, 0.2) is 83.4 Å². The molecule has 5 aromatic rings. The van der Waals surface area contributed by atoms with Gasteiger partial charge in [-0.15, -0.1) is 0 Å². The highest BCUT2D eigenvalue weighted by Gasteiger charge is 2.26. The first-order valence-electron chi connectivity index (χ1n) is 14.7. The summed E-state index contributed by atoms with van der Waals surface area (Å²) in [6.07, 6.45) is 1.51. The van der Waals surface area contributed by atoms with E-state index < -0.39 is 0 Å². The van der Waals surface area contributed by atoms with Crippen molar-refractivity contribution in [3.8, 4) is 28.5 Å². The SMILES string of the molecule is COc1cccc(C(=O)N2CCCN(c3nc(CC(C)C)nc4onc(-c5cccc(Oc6ccccc6)c5)c34)CC2)c1. The van der Waals surface area contributed by atoms with Crippen LogP contribution >= 0.6 is 0 Å². The minimum atomic E-state index is -0.00465. The van der Waals surface area contributed by atoms with Crippen molar-refractivity contribution in [3.05, 3.63) is 90.3 Å². The first-order chi connectivity index (χ1) is 21.0. The Balaban J connectivity index is 1.33. The van der Waals surface area contributed by atoms with E-state index in [2.05, 4.69) is 23.9 Å². The number of methoxy groups -OCH3 is 1. The van der Waals surface area contributed by atoms with Crippen molar-refractivity contribution in [2.45, 2.75) is 26.7 Å². The van der Waals surface area contributed by atoms with Crippen LogP contribution < -0.4 is 14.4 Å². The third-order valence-corrected chi connectivity index (χ3v) is 7.44. The van der Waals surface area contributed by atoms with Gasteiger partial charge in [0.1, 0.15) is 40.0 Å². The van der Waals surface area contributed by atoms with Gasteiger partial charge in [-0.05, 0) is 54.8 Å². The van der Waals surface area contributed by atoms with Gasteiger partial charge >= 0.3 is 0 Å². The lowest BCUT2D eigenvalue weighted by molar-refractivity contribution is 0.0766.